The number of methoxy groups -OCH3 is 1. The van der Waals surface area contributed by atoms with E-state index in [1.807, 2.05) is 0 Å². The van der Waals surface area contributed by atoms with E-state index in [0.717, 1.165) is 12.1 Å². The van der Waals surface area contributed by atoms with Crippen molar-refractivity contribution in [3.8, 4) is 16.9 Å². The first-order chi connectivity index (χ1) is 9.51. The standard InChI is InChI=1S/C15H12F2O3/c1-20-11-7-12(16)15(13(17)8-11)10-4-2-3-9(5-10)6-14(18)19/h2-5,7-8H,6H2,1H3,(H,18,19). The van der Waals surface area contributed by atoms with Crippen LogP contribution in [0.25, 0.3) is 11.1 Å². The Morgan fingerprint density at radius 1 is 1.20 bits per heavy atom. The number of benzene rings is 2. The third-order valence-electron chi connectivity index (χ3n) is 2.82. The minimum atomic E-state index is -1.00. The Morgan fingerprint density at radius 3 is 2.40 bits per heavy atom. The highest BCUT2D eigenvalue weighted by molar-refractivity contribution is 5.72. The normalized spacial score (nSPS) is 10.3. The lowest BCUT2D eigenvalue weighted by atomic mass is 10.0. The first kappa shape index (κ1) is 14.0. The highest BCUT2D eigenvalue weighted by atomic mass is 19.1. The molecule has 1 N–H and O–H groups in total. The second-order valence-corrected chi connectivity index (χ2v) is 4.24. The highest BCUT2D eigenvalue weighted by Gasteiger charge is 2.14. The molecule has 0 unspecified atom stereocenters. The van der Waals surface area contributed by atoms with Crippen LogP contribution in [0.1, 0.15) is 5.56 Å². The summed E-state index contributed by atoms with van der Waals surface area (Å²) in [6.07, 6.45) is -0.201. The van der Waals surface area contributed by atoms with Crippen LogP contribution >= 0.6 is 0 Å². The molecule has 2 aromatic rings. The highest BCUT2D eigenvalue weighted by Crippen LogP contribution is 2.30. The summed E-state index contributed by atoms with van der Waals surface area (Å²) in [4.78, 5) is 10.7. The molecule has 0 aromatic heterocycles. The van der Waals surface area contributed by atoms with Crippen molar-refractivity contribution < 1.29 is 23.4 Å². The second-order valence-electron chi connectivity index (χ2n) is 4.24. The van der Waals surface area contributed by atoms with Gasteiger partial charge in [0.15, 0.2) is 0 Å². The summed E-state index contributed by atoms with van der Waals surface area (Å²) in [5, 5.41) is 8.74. The molecule has 5 heteroatoms. The number of halogens is 2. The van der Waals surface area contributed by atoms with Gasteiger partial charge in [0, 0.05) is 12.1 Å². The molecule has 0 saturated heterocycles. The Bertz CT molecular complexity index is 630. The average molecular weight is 278 g/mol. The second kappa shape index (κ2) is 5.69. The van der Waals surface area contributed by atoms with E-state index in [1.54, 1.807) is 12.1 Å². The van der Waals surface area contributed by atoms with Crippen molar-refractivity contribution >= 4 is 5.97 Å². The number of carboxylic acids is 1. The topological polar surface area (TPSA) is 46.5 Å². The Hall–Kier alpha value is -2.43. The molecule has 0 fully saturated rings. The van der Waals surface area contributed by atoms with Crippen LogP contribution in [-0.2, 0) is 11.2 Å². The molecule has 20 heavy (non-hydrogen) atoms. The molecule has 0 amide bonds. The van der Waals surface area contributed by atoms with Gasteiger partial charge in [-0.1, -0.05) is 24.3 Å². The lowest BCUT2D eigenvalue weighted by molar-refractivity contribution is -0.136. The fraction of sp³-hybridized carbons (Fsp3) is 0.133. The van der Waals surface area contributed by atoms with Crippen LogP contribution in [0.3, 0.4) is 0 Å². The Kier molecular flexibility index (Phi) is 3.98. The first-order valence-electron chi connectivity index (χ1n) is 5.85. The average Bonchev–Trinajstić information content (AvgIpc) is 2.37. The van der Waals surface area contributed by atoms with Gasteiger partial charge in [-0.2, -0.15) is 0 Å². The lowest BCUT2D eigenvalue weighted by Gasteiger charge is -2.09. The lowest BCUT2D eigenvalue weighted by Crippen LogP contribution is -2.00. The number of aliphatic carboxylic acids is 1. The minimum Gasteiger partial charge on any atom is -0.497 e. The smallest absolute Gasteiger partial charge is 0.307 e. The fourth-order valence-corrected chi connectivity index (χ4v) is 1.95. The third-order valence-corrected chi connectivity index (χ3v) is 2.82. The van der Waals surface area contributed by atoms with E-state index in [-0.39, 0.29) is 17.7 Å². The predicted molar refractivity (Wildman–Crippen MR) is 69.7 cm³/mol. The number of hydrogen-bond acceptors (Lipinski definition) is 2. The summed E-state index contributed by atoms with van der Waals surface area (Å²) in [5.41, 5.74) is 0.573. The van der Waals surface area contributed by atoms with Crippen LogP contribution in [0.2, 0.25) is 0 Å². The zero-order chi connectivity index (χ0) is 14.7. The summed E-state index contributed by atoms with van der Waals surface area (Å²) in [7, 11) is 1.32. The molecule has 2 aromatic carbocycles. The Labute approximate surface area is 114 Å². The van der Waals surface area contributed by atoms with Gasteiger partial charge in [-0.05, 0) is 11.1 Å². The fourth-order valence-electron chi connectivity index (χ4n) is 1.95. The summed E-state index contributed by atoms with van der Waals surface area (Å²) < 4.78 is 32.7. The largest absolute Gasteiger partial charge is 0.497 e. The molecule has 104 valence electrons. The number of carbonyl (C=O) groups is 1. The van der Waals surface area contributed by atoms with E-state index < -0.39 is 17.6 Å². The summed E-state index contributed by atoms with van der Waals surface area (Å²) >= 11 is 0. The van der Waals surface area contributed by atoms with Gasteiger partial charge in [-0.15, -0.1) is 0 Å². The van der Waals surface area contributed by atoms with Gasteiger partial charge >= 0.3 is 5.97 Å². The number of hydrogen-bond donors (Lipinski definition) is 1. The molecule has 0 aliphatic rings. The van der Waals surface area contributed by atoms with Gasteiger partial charge < -0.3 is 9.84 Å². The van der Waals surface area contributed by atoms with Crippen molar-refractivity contribution in [1.29, 1.82) is 0 Å². The molecular weight excluding hydrogens is 266 g/mol. The minimum absolute atomic E-state index is 0.0884. The molecule has 0 atom stereocenters. The molecule has 0 bridgehead atoms. The molecule has 0 aliphatic heterocycles. The van der Waals surface area contributed by atoms with E-state index in [9.17, 15) is 13.6 Å². The molecule has 0 aliphatic carbocycles. The van der Waals surface area contributed by atoms with Crippen LogP contribution in [0.4, 0.5) is 8.78 Å². The number of rotatable bonds is 4. The first-order valence-corrected chi connectivity index (χ1v) is 5.85. The summed E-state index contributed by atoms with van der Waals surface area (Å²) in [6.45, 7) is 0. The van der Waals surface area contributed by atoms with E-state index >= 15 is 0 Å². The molecule has 0 spiro atoms. The SMILES string of the molecule is COc1cc(F)c(-c2cccc(CC(=O)O)c2)c(F)c1. The van der Waals surface area contributed by atoms with Crippen LogP contribution < -0.4 is 4.74 Å². The van der Waals surface area contributed by atoms with Crippen molar-refractivity contribution in [2.75, 3.05) is 7.11 Å². The Morgan fingerprint density at radius 2 is 1.85 bits per heavy atom. The molecule has 0 saturated carbocycles. The van der Waals surface area contributed by atoms with Gasteiger partial charge in [-0.25, -0.2) is 8.78 Å². The van der Waals surface area contributed by atoms with E-state index in [1.165, 1.54) is 19.2 Å². The number of carboxylic acid groups (broad SMARTS) is 1. The van der Waals surface area contributed by atoms with Crippen LogP contribution in [0.15, 0.2) is 36.4 Å². The van der Waals surface area contributed by atoms with Gasteiger partial charge in [0.2, 0.25) is 0 Å². The van der Waals surface area contributed by atoms with Crippen molar-refractivity contribution in [1.82, 2.24) is 0 Å². The van der Waals surface area contributed by atoms with Gasteiger partial charge in [0.25, 0.3) is 0 Å². The van der Waals surface area contributed by atoms with E-state index in [2.05, 4.69) is 0 Å². The molecule has 3 nitrogen and oxygen atoms in total. The quantitative estimate of drug-likeness (QED) is 0.933. The van der Waals surface area contributed by atoms with Crippen LogP contribution in [0.5, 0.6) is 5.75 Å². The summed E-state index contributed by atoms with van der Waals surface area (Å²) in [5.74, 6) is -2.42. The van der Waals surface area contributed by atoms with Crippen molar-refractivity contribution in [2.24, 2.45) is 0 Å². The zero-order valence-corrected chi connectivity index (χ0v) is 10.7. The van der Waals surface area contributed by atoms with Gasteiger partial charge in [0.1, 0.15) is 17.4 Å². The monoisotopic (exact) mass is 278 g/mol. The Balaban J connectivity index is 2.48. The zero-order valence-electron chi connectivity index (χ0n) is 10.7. The molecule has 2 rings (SSSR count). The van der Waals surface area contributed by atoms with Crippen LogP contribution in [-0.4, -0.2) is 18.2 Å². The third kappa shape index (κ3) is 2.93. The molecular formula is C15H12F2O3. The number of ether oxygens (including phenoxy) is 1. The maximum Gasteiger partial charge on any atom is 0.307 e. The van der Waals surface area contributed by atoms with E-state index in [0.29, 0.717) is 11.1 Å². The molecule has 0 radical (unpaired) electrons. The summed E-state index contributed by atoms with van der Waals surface area (Å²) in [6, 6.07) is 8.32. The van der Waals surface area contributed by atoms with Crippen LogP contribution in [0, 0.1) is 11.6 Å². The van der Waals surface area contributed by atoms with E-state index in [4.69, 9.17) is 9.84 Å². The van der Waals surface area contributed by atoms with Gasteiger partial charge in [-0.3, -0.25) is 4.79 Å². The maximum atomic E-state index is 13.9. The van der Waals surface area contributed by atoms with Crippen molar-refractivity contribution in [3.05, 3.63) is 53.6 Å². The van der Waals surface area contributed by atoms with Crippen molar-refractivity contribution in [3.63, 3.8) is 0 Å². The maximum absolute atomic E-state index is 13.9. The molecule has 0 heterocycles. The van der Waals surface area contributed by atoms with Crippen molar-refractivity contribution in [2.45, 2.75) is 6.42 Å². The van der Waals surface area contributed by atoms with Gasteiger partial charge in [0.05, 0.1) is 19.1 Å². The predicted octanol–water partition coefficient (Wildman–Crippen LogP) is 3.27.